The molecule has 5 heteroatoms. The maximum absolute atomic E-state index is 12.0. The van der Waals surface area contributed by atoms with Crippen molar-refractivity contribution in [2.75, 3.05) is 13.6 Å². The van der Waals surface area contributed by atoms with Gasteiger partial charge in [0.1, 0.15) is 0 Å². The Morgan fingerprint density at radius 3 is 2.71 bits per heavy atom. The van der Waals surface area contributed by atoms with Gasteiger partial charge in [0.25, 0.3) is 6.43 Å². The van der Waals surface area contributed by atoms with E-state index in [4.69, 9.17) is 5.73 Å². The molecule has 14 heavy (non-hydrogen) atoms. The monoisotopic (exact) mass is 204 g/mol. The number of nitrogens with two attached hydrogens (primary N) is 1. The highest BCUT2D eigenvalue weighted by Crippen LogP contribution is 2.18. The van der Waals surface area contributed by atoms with Gasteiger partial charge >= 0.3 is 0 Å². The molecule has 0 aromatic rings. The van der Waals surface area contributed by atoms with Gasteiger partial charge in [-0.25, -0.2) is 8.78 Å². The number of carbonyl (C=O) groups excluding carboxylic acids is 1. The Labute approximate surface area is 81.6 Å². The van der Waals surface area contributed by atoms with E-state index in [1.807, 2.05) is 0 Å². The molecule has 0 fully saturated rings. The van der Waals surface area contributed by atoms with Crippen LogP contribution in [0.15, 0.2) is 12.2 Å². The summed E-state index contributed by atoms with van der Waals surface area (Å²) in [5.41, 5.74) is 5.56. The number of amides is 1. The Bertz CT molecular complexity index is 243. The fraction of sp³-hybridized carbons (Fsp3) is 0.667. The smallest absolute Gasteiger partial charge is 0.255 e. The Morgan fingerprint density at radius 2 is 2.29 bits per heavy atom. The summed E-state index contributed by atoms with van der Waals surface area (Å²) in [7, 11) is 1.38. The van der Waals surface area contributed by atoms with Crippen LogP contribution in [0.3, 0.4) is 0 Å². The van der Waals surface area contributed by atoms with E-state index in [0.29, 0.717) is 6.42 Å². The normalized spacial score (nSPS) is 25.8. The average molecular weight is 204 g/mol. The molecule has 0 aromatic carbocycles. The van der Waals surface area contributed by atoms with Crippen LogP contribution in [-0.2, 0) is 4.79 Å². The van der Waals surface area contributed by atoms with Crippen molar-refractivity contribution >= 4 is 5.91 Å². The number of halogens is 2. The molecule has 1 rings (SSSR count). The first-order valence-electron chi connectivity index (χ1n) is 4.47. The van der Waals surface area contributed by atoms with Crippen molar-refractivity contribution in [1.29, 1.82) is 0 Å². The zero-order valence-corrected chi connectivity index (χ0v) is 7.99. The van der Waals surface area contributed by atoms with Crippen LogP contribution in [0.2, 0.25) is 0 Å². The van der Waals surface area contributed by atoms with Crippen LogP contribution in [0, 0.1) is 5.92 Å². The molecular weight excluding hydrogens is 190 g/mol. The molecule has 2 N–H and O–H groups in total. The summed E-state index contributed by atoms with van der Waals surface area (Å²) in [6, 6.07) is -0.121. The van der Waals surface area contributed by atoms with E-state index >= 15 is 0 Å². The first kappa shape index (κ1) is 11.1. The van der Waals surface area contributed by atoms with E-state index in [1.165, 1.54) is 7.05 Å². The highest BCUT2D eigenvalue weighted by atomic mass is 19.3. The fourth-order valence-electron chi connectivity index (χ4n) is 1.49. The minimum Gasteiger partial charge on any atom is -0.340 e. The summed E-state index contributed by atoms with van der Waals surface area (Å²) in [5, 5.41) is 0. The maximum atomic E-state index is 12.0. The quantitative estimate of drug-likeness (QED) is 0.685. The second-order valence-corrected chi connectivity index (χ2v) is 3.50. The third kappa shape index (κ3) is 2.77. The number of carbonyl (C=O) groups is 1. The van der Waals surface area contributed by atoms with E-state index in [0.717, 1.165) is 4.90 Å². The molecule has 1 amide bonds. The Hall–Kier alpha value is -0.970. The largest absolute Gasteiger partial charge is 0.340 e. The fourth-order valence-corrected chi connectivity index (χ4v) is 1.49. The van der Waals surface area contributed by atoms with Gasteiger partial charge in [-0.15, -0.1) is 0 Å². The van der Waals surface area contributed by atoms with E-state index in [9.17, 15) is 13.6 Å². The molecule has 0 saturated carbocycles. The molecule has 0 radical (unpaired) electrons. The van der Waals surface area contributed by atoms with Crippen molar-refractivity contribution < 1.29 is 13.6 Å². The van der Waals surface area contributed by atoms with E-state index in [-0.39, 0.29) is 17.9 Å². The molecule has 2 unspecified atom stereocenters. The Morgan fingerprint density at radius 1 is 1.64 bits per heavy atom. The predicted octanol–water partition coefficient (Wildman–Crippen LogP) is 0.613. The SMILES string of the molecule is CN(CC(F)F)C(=O)C1C=CC(N)C1. The standard InChI is InChI=1S/C9H14F2N2O/c1-13(5-8(10)11)9(14)6-2-3-7(12)4-6/h2-3,6-8H,4-5,12H2,1H3. The third-order valence-corrected chi connectivity index (χ3v) is 2.22. The lowest BCUT2D eigenvalue weighted by molar-refractivity contribution is -0.134. The van der Waals surface area contributed by atoms with Crippen LogP contribution in [0.4, 0.5) is 8.78 Å². The topological polar surface area (TPSA) is 46.3 Å². The highest BCUT2D eigenvalue weighted by molar-refractivity contribution is 5.81. The molecule has 0 spiro atoms. The van der Waals surface area contributed by atoms with Gasteiger partial charge in [0.05, 0.1) is 12.5 Å². The lowest BCUT2D eigenvalue weighted by Gasteiger charge is -2.19. The highest BCUT2D eigenvalue weighted by Gasteiger charge is 2.26. The van der Waals surface area contributed by atoms with Gasteiger partial charge in [-0.1, -0.05) is 12.2 Å². The maximum Gasteiger partial charge on any atom is 0.255 e. The molecular formula is C9H14F2N2O. The molecule has 1 aliphatic carbocycles. The number of alkyl halides is 2. The van der Waals surface area contributed by atoms with Gasteiger partial charge in [-0.3, -0.25) is 4.79 Å². The van der Waals surface area contributed by atoms with Crippen molar-refractivity contribution in [2.24, 2.45) is 11.7 Å². The second-order valence-electron chi connectivity index (χ2n) is 3.50. The van der Waals surface area contributed by atoms with Crippen LogP contribution in [0.25, 0.3) is 0 Å². The van der Waals surface area contributed by atoms with Crippen LogP contribution in [-0.4, -0.2) is 36.9 Å². The summed E-state index contributed by atoms with van der Waals surface area (Å²) in [6.07, 6.45) is 1.46. The number of nitrogens with zero attached hydrogens (tertiary/aromatic N) is 1. The average Bonchev–Trinajstić information content (AvgIpc) is 2.49. The minimum absolute atomic E-state index is 0.121. The lowest BCUT2D eigenvalue weighted by Crippen LogP contribution is -2.35. The lowest BCUT2D eigenvalue weighted by atomic mass is 10.1. The summed E-state index contributed by atoms with van der Waals surface area (Å²) in [4.78, 5) is 12.6. The van der Waals surface area contributed by atoms with Crippen molar-refractivity contribution in [2.45, 2.75) is 18.9 Å². The molecule has 80 valence electrons. The van der Waals surface area contributed by atoms with Gasteiger partial charge in [-0.2, -0.15) is 0 Å². The number of hydrogen-bond acceptors (Lipinski definition) is 2. The van der Waals surface area contributed by atoms with Gasteiger partial charge < -0.3 is 10.6 Å². The molecule has 0 heterocycles. The van der Waals surface area contributed by atoms with Gasteiger partial charge in [0.15, 0.2) is 0 Å². The van der Waals surface area contributed by atoms with Crippen LogP contribution in [0.1, 0.15) is 6.42 Å². The van der Waals surface area contributed by atoms with E-state index in [1.54, 1.807) is 12.2 Å². The van der Waals surface area contributed by atoms with E-state index in [2.05, 4.69) is 0 Å². The number of rotatable bonds is 3. The molecule has 0 saturated heterocycles. The van der Waals surface area contributed by atoms with Crippen LogP contribution in [0.5, 0.6) is 0 Å². The van der Waals surface area contributed by atoms with Crippen molar-refractivity contribution in [3.63, 3.8) is 0 Å². The molecule has 0 aliphatic heterocycles. The Balaban J connectivity index is 2.45. The Kier molecular flexibility index (Phi) is 3.57. The van der Waals surface area contributed by atoms with Crippen molar-refractivity contribution in [3.05, 3.63) is 12.2 Å². The molecule has 0 aromatic heterocycles. The van der Waals surface area contributed by atoms with Gasteiger partial charge in [-0.05, 0) is 6.42 Å². The van der Waals surface area contributed by atoms with Gasteiger partial charge in [0.2, 0.25) is 5.91 Å². The summed E-state index contributed by atoms with van der Waals surface area (Å²) < 4.78 is 23.9. The molecule has 0 bridgehead atoms. The van der Waals surface area contributed by atoms with Crippen molar-refractivity contribution in [3.8, 4) is 0 Å². The molecule has 1 aliphatic rings. The first-order chi connectivity index (χ1) is 6.50. The summed E-state index contributed by atoms with van der Waals surface area (Å²) in [6.45, 7) is -0.515. The van der Waals surface area contributed by atoms with E-state index < -0.39 is 13.0 Å². The molecule has 3 nitrogen and oxygen atoms in total. The minimum atomic E-state index is -2.48. The predicted molar refractivity (Wildman–Crippen MR) is 48.9 cm³/mol. The van der Waals surface area contributed by atoms with Crippen LogP contribution < -0.4 is 5.73 Å². The third-order valence-electron chi connectivity index (χ3n) is 2.22. The number of hydrogen-bond donors (Lipinski definition) is 1. The molecule has 2 atom stereocenters. The summed E-state index contributed by atoms with van der Waals surface area (Å²) in [5.74, 6) is -0.608. The van der Waals surface area contributed by atoms with Crippen molar-refractivity contribution in [1.82, 2.24) is 4.90 Å². The zero-order valence-electron chi connectivity index (χ0n) is 7.99. The zero-order chi connectivity index (χ0) is 10.7. The second kappa shape index (κ2) is 4.50. The van der Waals surface area contributed by atoms with Crippen LogP contribution >= 0.6 is 0 Å². The first-order valence-corrected chi connectivity index (χ1v) is 4.47. The van der Waals surface area contributed by atoms with Gasteiger partial charge in [0, 0.05) is 13.1 Å². The summed E-state index contributed by atoms with van der Waals surface area (Å²) >= 11 is 0.